The van der Waals surface area contributed by atoms with Gasteiger partial charge in [-0.25, -0.2) is 0 Å². The van der Waals surface area contributed by atoms with Gasteiger partial charge in [0.1, 0.15) is 6.10 Å². The molecular formula is C45H62O2. The van der Waals surface area contributed by atoms with Gasteiger partial charge in [-0.15, -0.1) is 0 Å². The summed E-state index contributed by atoms with van der Waals surface area (Å²) in [6, 6.07) is 22.6. The van der Waals surface area contributed by atoms with Gasteiger partial charge in [-0.1, -0.05) is 133 Å². The van der Waals surface area contributed by atoms with E-state index in [1.807, 2.05) is 5.57 Å². The first-order valence-corrected chi connectivity index (χ1v) is 19.0. The number of hydrogen-bond acceptors (Lipinski definition) is 2. The molecule has 2 nitrogen and oxygen atoms in total. The molecule has 0 bridgehead atoms. The Morgan fingerprint density at radius 3 is 1.98 bits per heavy atom. The summed E-state index contributed by atoms with van der Waals surface area (Å²) in [5.41, 5.74) is 10.2. The lowest BCUT2D eigenvalue weighted by molar-refractivity contribution is -0.167. The van der Waals surface area contributed by atoms with Crippen molar-refractivity contribution < 1.29 is 9.53 Å². The van der Waals surface area contributed by atoms with Gasteiger partial charge in [-0.2, -0.15) is 0 Å². The standard InChI is InChI=1S/C45H62O2/c1-30(2)31(3)20-21-35(41(33-16-12-10-13-17-33)34-18-14-11-15-19-34)36-24-28-45(9)38-22-23-39-42(5,6)40(47-32(4)46)26-27-43(39,7)37(38)25-29-44(36,45)8/h10-19,30-31,36,39-40H,20-29H2,1-9H3/t31-,36+,39+,40+,43+,44+,45-/m0/s1. The van der Waals surface area contributed by atoms with Crippen molar-refractivity contribution in [3.63, 3.8) is 0 Å². The zero-order chi connectivity index (χ0) is 33.8. The molecule has 0 spiro atoms. The van der Waals surface area contributed by atoms with Gasteiger partial charge >= 0.3 is 5.97 Å². The van der Waals surface area contributed by atoms with Crippen LogP contribution >= 0.6 is 0 Å². The van der Waals surface area contributed by atoms with Crippen molar-refractivity contribution >= 4 is 11.5 Å². The van der Waals surface area contributed by atoms with E-state index < -0.39 is 0 Å². The summed E-state index contributed by atoms with van der Waals surface area (Å²) in [5.74, 6) is 2.37. The summed E-state index contributed by atoms with van der Waals surface area (Å²) in [5, 5.41) is 0. The molecule has 2 aromatic carbocycles. The number of hydrogen-bond donors (Lipinski definition) is 0. The number of rotatable bonds is 8. The van der Waals surface area contributed by atoms with Crippen LogP contribution in [0.15, 0.2) is 77.4 Å². The second kappa shape index (κ2) is 12.7. The van der Waals surface area contributed by atoms with E-state index in [9.17, 15) is 4.79 Å². The van der Waals surface area contributed by atoms with E-state index in [0.29, 0.717) is 23.7 Å². The first-order chi connectivity index (χ1) is 22.2. The Morgan fingerprint density at radius 2 is 1.40 bits per heavy atom. The maximum Gasteiger partial charge on any atom is 0.302 e. The lowest BCUT2D eigenvalue weighted by Crippen LogP contribution is -2.55. The van der Waals surface area contributed by atoms with Crippen LogP contribution in [0.3, 0.4) is 0 Å². The van der Waals surface area contributed by atoms with E-state index in [-0.39, 0.29) is 33.7 Å². The van der Waals surface area contributed by atoms with Crippen molar-refractivity contribution in [1.82, 2.24) is 0 Å². The van der Waals surface area contributed by atoms with Crippen molar-refractivity contribution in [3.05, 3.63) is 88.5 Å². The molecule has 254 valence electrons. The van der Waals surface area contributed by atoms with Crippen molar-refractivity contribution in [2.45, 2.75) is 133 Å². The highest BCUT2D eigenvalue weighted by molar-refractivity contribution is 5.82. The number of esters is 1. The predicted octanol–water partition coefficient (Wildman–Crippen LogP) is 12.2. The van der Waals surface area contributed by atoms with E-state index in [4.69, 9.17) is 4.74 Å². The summed E-state index contributed by atoms with van der Waals surface area (Å²) in [6.45, 7) is 21.6. The lowest BCUT2D eigenvalue weighted by Gasteiger charge is -2.62. The molecule has 2 aromatic rings. The third kappa shape index (κ3) is 5.68. The summed E-state index contributed by atoms with van der Waals surface area (Å²) >= 11 is 0. The molecule has 2 saturated carbocycles. The quantitative estimate of drug-likeness (QED) is 0.213. The van der Waals surface area contributed by atoms with Crippen molar-refractivity contribution in [3.8, 4) is 0 Å². The molecule has 0 unspecified atom stereocenters. The van der Waals surface area contributed by atoms with Gasteiger partial charge in [-0.05, 0) is 121 Å². The first kappa shape index (κ1) is 34.3. The highest BCUT2D eigenvalue weighted by atomic mass is 16.5. The lowest BCUT2D eigenvalue weighted by atomic mass is 9.43. The molecule has 6 rings (SSSR count). The van der Waals surface area contributed by atoms with E-state index in [1.165, 1.54) is 68.1 Å². The zero-order valence-corrected chi connectivity index (χ0v) is 31.0. The van der Waals surface area contributed by atoms with Crippen molar-refractivity contribution in [1.29, 1.82) is 0 Å². The smallest absolute Gasteiger partial charge is 0.302 e. The molecule has 4 aliphatic rings. The molecule has 0 aromatic heterocycles. The molecule has 0 aliphatic heterocycles. The third-order valence-electron chi connectivity index (χ3n) is 14.9. The van der Waals surface area contributed by atoms with E-state index in [1.54, 1.807) is 18.1 Å². The Bertz CT molecular complexity index is 1470. The molecule has 0 saturated heterocycles. The SMILES string of the molecule is CC(=O)O[C@@H]1CC[C@]2(C)C3=C(CC[C@@H]2C1(C)C)[C@]1(C)CC[C@H](C(CC[C@H](C)C(C)C)=C(c2ccccc2)c2ccccc2)[C@@]1(C)CC3. The molecule has 0 heterocycles. The van der Waals surface area contributed by atoms with Crippen LogP contribution in [-0.4, -0.2) is 12.1 Å². The van der Waals surface area contributed by atoms with Gasteiger partial charge < -0.3 is 4.74 Å². The van der Waals surface area contributed by atoms with Crippen LogP contribution in [0.25, 0.3) is 5.57 Å². The van der Waals surface area contributed by atoms with Crippen LogP contribution in [0.5, 0.6) is 0 Å². The number of fused-ring (bicyclic) bond motifs is 4. The van der Waals surface area contributed by atoms with Crippen molar-refractivity contribution in [2.24, 2.45) is 45.3 Å². The Balaban J connectivity index is 1.45. The normalized spacial score (nSPS) is 33.4. The van der Waals surface area contributed by atoms with Gasteiger partial charge in [0.05, 0.1) is 0 Å². The average Bonchev–Trinajstić information content (AvgIpc) is 3.32. The van der Waals surface area contributed by atoms with Gasteiger partial charge in [-0.3, -0.25) is 4.79 Å². The summed E-state index contributed by atoms with van der Waals surface area (Å²) in [4.78, 5) is 12.1. The number of allylic oxidation sites excluding steroid dienone is 3. The van der Waals surface area contributed by atoms with Crippen LogP contribution in [0.1, 0.15) is 138 Å². The Kier molecular flexibility index (Phi) is 9.25. The Morgan fingerprint density at radius 1 is 0.787 bits per heavy atom. The highest BCUT2D eigenvalue weighted by Crippen LogP contribution is 2.73. The molecule has 2 fully saturated rings. The molecular weight excluding hydrogens is 572 g/mol. The number of benzene rings is 2. The van der Waals surface area contributed by atoms with Gasteiger partial charge in [0.25, 0.3) is 0 Å². The molecule has 47 heavy (non-hydrogen) atoms. The third-order valence-corrected chi connectivity index (χ3v) is 14.9. The van der Waals surface area contributed by atoms with E-state index in [0.717, 1.165) is 12.8 Å². The maximum absolute atomic E-state index is 12.1. The highest BCUT2D eigenvalue weighted by Gasteiger charge is 2.63. The molecule has 4 aliphatic carbocycles. The minimum atomic E-state index is -0.127. The second-order valence-corrected chi connectivity index (χ2v) is 17.7. The number of carbonyl (C=O) groups excluding carboxylic acids is 1. The van der Waals surface area contributed by atoms with Crippen molar-refractivity contribution in [2.75, 3.05) is 0 Å². The Labute approximate surface area is 286 Å². The fourth-order valence-electron chi connectivity index (χ4n) is 11.6. The van der Waals surface area contributed by atoms with E-state index in [2.05, 4.69) is 116 Å². The van der Waals surface area contributed by atoms with E-state index >= 15 is 0 Å². The summed E-state index contributed by atoms with van der Waals surface area (Å²) in [6.07, 6.45) is 12.0. The van der Waals surface area contributed by atoms with Crippen LogP contribution in [0.2, 0.25) is 0 Å². The monoisotopic (exact) mass is 634 g/mol. The predicted molar refractivity (Wildman–Crippen MR) is 197 cm³/mol. The topological polar surface area (TPSA) is 26.3 Å². The molecule has 0 radical (unpaired) electrons. The van der Waals surface area contributed by atoms with Crippen LogP contribution in [0, 0.1) is 45.3 Å². The maximum atomic E-state index is 12.1. The van der Waals surface area contributed by atoms with Crippen LogP contribution < -0.4 is 0 Å². The molecule has 0 amide bonds. The van der Waals surface area contributed by atoms with Crippen LogP contribution in [0.4, 0.5) is 0 Å². The van der Waals surface area contributed by atoms with Crippen LogP contribution in [-0.2, 0) is 9.53 Å². The minimum absolute atomic E-state index is 0.0135. The molecule has 7 atom stereocenters. The van der Waals surface area contributed by atoms with Gasteiger partial charge in [0, 0.05) is 12.3 Å². The largest absolute Gasteiger partial charge is 0.462 e. The van der Waals surface area contributed by atoms with Gasteiger partial charge in [0.2, 0.25) is 0 Å². The summed E-state index contributed by atoms with van der Waals surface area (Å²) < 4.78 is 5.97. The fourth-order valence-corrected chi connectivity index (χ4v) is 11.6. The number of ether oxygens (including phenoxy) is 1. The molecule has 0 N–H and O–H groups in total. The Hall–Kier alpha value is -2.61. The first-order valence-electron chi connectivity index (χ1n) is 19.0. The average molecular weight is 635 g/mol. The molecule has 2 heteroatoms. The second-order valence-electron chi connectivity index (χ2n) is 17.7. The summed E-state index contributed by atoms with van der Waals surface area (Å²) in [7, 11) is 0. The van der Waals surface area contributed by atoms with Gasteiger partial charge in [0.15, 0.2) is 0 Å². The fraction of sp³-hybridized carbons (Fsp3) is 0.622. The zero-order valence-electron chi connectivity index (χ0n) is 31.0. The number of carbonyl (C=O) groups is 1. The minimum Gasteiger partial charge on any atom is -0.462 e.